The predicted octanol–water partition coefficient (Wildman–Crippen LogP) is 2.47. The van der Waals surface area contributed by atoms with Crippen molar-refractivity contribution < 1.29 is 14.3 Å². The van der Waals surface area contributed by atoms with Gasteiger partial charge in [-0.15, -0.1) is 0 Å². The maximum Gasteiger partial charge on any atom is 0.333 e. The van der Waals surface area contributed by atoms with Crippen LogP contribution in [-0.4, -0.2) is 37.0 Å². The van der Waals surface area contributed by atoms with E-state index in [9.17, 15) is 19.2 Å². The van der Waals surface area contributed by atoms with Crippen LogP contribution in [0, 0.1) is 13.8 Å². The number of aryl methyl sites for hydroxylation is 3. The van der Waals surface area contributed by atoms with Gasteiger partial charge in [-0.25, -0.2) is 14.3 Å². The van der Waals surface area contributed by atoms with Crippen LogP contribution in [0.3, 0.4) is 0 Å². The van der Waals surface area contributed by atoms with Gasteiger partial charge in [-0.1, -0.05) is 48.0 Å². The van der Waals surface area contributed by atoms with Crippen LogP contribution >= 0.6 is 0 Å². The molecule has 2 heterocycles. The first-order valence-corrected chi connectivity index (χ1v) is 11.3. The van der Waals surface area contributed by atoms with E-state index in [4.69, 9.17) is 4.74 Å². The monoisotopic (exact) mass is 474 g/mol. The van der Waals surface area contributed by atoms with Gasteiger partial charge in [0.2, 0.25) is 5.78 Å². The minimum atomic E-state index is -0.851. The van der Waals surface area contributed by atoms with E-state index in [0.717, 1.165) is 21.3 Å². The van der Waals surface area contributed by atoms with E-state index in [1.165, 1.54) is 10.9 Å². The van der Waals surface area contributed by atoms with E-state index in [-0.39, 0.29) is 23.5 Å². The van der Waals surface area contributed by atoms with Crippen molar-refractivity contribution in [3.8, 4) is 0 Å². The van der Waals surface area contributed by atoms with Crippen LogP contribution in [0.1, 0.15) is 34.0 Å². The van der Waals surface area contributed by atoms with Gasteiger partial charge < -0.3 is 9.30 Å². The topological polar surface area (TPSA) is 105 Å². The van der Waals surface area contributed by atoms with E-state index in [1.54, 1.807) is 17.6 Å². The summed E-state index contributed by atoms with van der Waals surface area (Å²) in [6.07, 6.45) is 1.50. The smallest absolute Gasteiger partial charge is 0.333 e. The molecule has 0 radical (unpaired) electrons. The minimum Gasteiger partial charge on any atom is -0.456 e. The molecule has 0 spiro atoms. The molecule has 2 aromatic heterocycles. The molecule has 0 fully saturated rings. The quantitative estimate of drug-likeness (QED) is 0.287. The highest BCUT2D eigenvalue weighted by molar-refractivity contribution is 5.99. The number of ketones is 1. The Balaban J connectivity index is 1.64. The van der Waals surface area contributed by atoms with Crippen LogP contribution < -0.4 is 11.2 Å². The molecule has 0 bridgehead atoms. The Bertz CT molecular complexity index is 1530. The number of fused-ring (bicyclic) bond motifs is 1. The van der Waals surface area contributed by atoms with Gasteiger partial charge in [-0.05, 0) is 38.0 Å². The molecule has 0 aliphatic rings. The fourth-order valence-corrected chi connectivity index (χ4v) is 3.96. The highest BCUT2D eigenvalue weighted by atomic mass is 16.5. The van der Waals surface area contributed by atoms with Crippen molar-refractivity contribution in [3.63, 3.8) is 0 Å². The number of ether oxygens (including phenoxy) is 1. The predicted molar refractivity (Wildman–Crippen MR) is 131 cm³/mol. The minimum absolute atomic E-state index is 0.178. The van der Waals surface area contributed by atoms with Crippen molar-refractivity contribution in [2.24, 2.45) is 0 Å². The molecule has 9 nitrogen and oxygen atoms in total. The molecule has 180 valence electrons. The van der Waals surface area contributed by atoms with Gasteiger partial charge in [0, 0.05) is 12.1 Å². The van der Waals surface area contributed by atoms with Crippen LogP contribution in [0.5, 0.6) is 0 Å². The van der Waals surface area contributed by atoms with E-state index in [2.05, 4.69) is 4.98 Å². The van der Waals surface area contributed by atoms with E-state index in [1.807, 2.05) is 56.3 Å². The lowest BCUT2D eigenvalue weighted by molar-refractivity contribution is -0.143. The molecule has 0 saturated heterocycles. The van der Waals surface area contributed by atoms with Crippen LogP contribution in [-0.2, 0) is 29.2 Å². The summed E-state index contributed by atoms with van der Waals surface area (Å²) in [6, 6.07) is 14.7. The highest BCUT2D eigenvalue weighted by Gasteiger charge is 2.21. The van der Waals surface area contributed by atoms with Crippen molar-refractivity contribution in [2.75, 3.05) is 6.61 Å². The summed E-state index contributed by atoms with van der Waals surface area (Å²) in [7, 11) is 0. The third-order valence-corrected chi connectivity index (χ3v) is 5.85. The Morgan fingerprint density at radius 2 is 1.74 bits per heavy atom. The number of rotatable bonds is 8. The van der Waals surface area contributed by atoms with Crippen molar-refractivity contribution in [1.29, 1.82) is 0 Å². The lowest BCUT2D eigenvalue weighted by Gasteiger charge is -2.12. The standard InChI is InChI=1S/C26H26N4O5/c1-4-28-16-27-24-23(28)25(33)30(26(34)29(24)13-19-8-6-5-7-9-19)14-22(32)35-15-21(31)20-12-17(2)10-11-18(20)3/h5-12,16H,4,13-15H2,1-3H3. The van der Waals surface area contributed by atoms with Crippen LogP contribution in [0.4, 0.5) is 0 Å². The maximum absolute atomic E-state index is 13.3. The average molecular weight is 475 g/mol. The van der Waals surface area contributed by atoms with Crippen molar-refractivity contribution in [3.05, 3.63) is 98.0 Å². The Kier molecular flexibility index (Phi) is 6.77. The van der Waals surface area contributed by atoms with Gasteiger partial charge in [0.1, 0.15) is 6.54 Å². The molecule has 4 aromatic rings. The zero-order valence-corrected chi connectivity index (χ0v) is 19.9. The molecular weight excluding hydrogens is 448 g/mol. The summed E-state index contributed by atoms with van der Waals surface area (Å²) in [6.45, 7) is 5.07. The van der Waals surface area contributed by atoms with Gasteiger partial charge in [-0.2, -0.15) is 0 Å². The molecular formula is C26H26N4O5. The first-order valence-electron chi connectivity index (χ1n) is 11.3. The number of aromatic nitrogens is 4. The van der Waals surface area contributed by atoms with Crippen molar-refractivity contribution in [1.82, 2.24) is 18.7 Å². The van der Waals surface area contributed by atoms with Crippen LogP contribution in [0.15, 0.2) is 64.4 Å². The number of nitrogens with zero attached hydrogens (tertiary/aromatic N) is 4. The molecule has 0 aliphatic carbocycles. The van der Waals surface area contributed by atoms with Crippen LogP contribution in [0.2, 0.25) is 0 Å². The molecule has 0 atom stereocenters. The first kappa shape index (κ1) is 23.9. The SMILES string of the molecule is CCn1cnc2c1c(=O)n(CC(=O)OCC(=O)c1cc(C)ccc1C)c(=O)n2Cc1ccccc1. The molecule has 0 N–H and O–H groups in total. The number of carbonyl (C=O) groups excluding carboxylic acids is 2. The second-order valence-corrected chi connectivity index (χ2v) is 8.35. The Morgan fingerprint density at radius 3 is 2.46 bits per heavy atom. The molecule has 4 rings (SSSR count). The summed E-state index contributed by atoms with van der Waals surface area (Å²) < 4.78 is 8.99. The van der Waals surface area contributed by atoms with E-state index >= 15 is 0 Å². The molecule has 2 aromatic carbocycles. The summed E-state index contributed by atoms with van der Waals surface area (Å²) in [5.41, 5.74) is 2.16. The number of esters is 1. The summed E-state index contributed by atoms with van der Waals surface area (Å²) in [4.78, 5) is 55.9. The van der Waals surface area contributed by atoms with Gasteiger partial charge >= 0.3 is 11.7 Å². The zero-order chi connectivity index (χ0) is 25.1. The van der Waals surface area contributed by atoms with Crippen molar-refractivity contribution in [2.45, 2.75) is 40.4 Å². The first-order chi connectivity index (χ1) is 16.8. The van der Waals surface area contributed by atoms with Gasteiger partial charge in [0.05, 0.1) is 12.9 Å². The largest absolute Gasteiger partial charge is 0.456 e. The molecule has 9 heteroatoms. The number of carbonyl (C=O) groups is 2. The number of Topliss-reactive ketones (excluding diaryl/α,β-unsaturated/α-hetero) is 1. The maximum atomic E-state index is 13.3. The van der Waals surface area contributed by atoms with E-state index in [0.29, 0.717) is 12.1 Å². The molecule has 0 unspecified atom stereocenters. The summed E-state index contributed by atoms with van der Waals surface area (Å²) in [5.74, 6) is -1.20. The van der Waals surface area contributed by atoms with E-state index < -0.39 is 30.4 Å². The molecule has 35 heavy (non-hydrogen) atoms. The third-order valence-electron chi connectivity index (χ3n) is 5.85. The lowest BCUT2D eigenvalue weighted by atomic mass is 10.0. The Morgan fingerprint density at radius 1 is 1.00 bits per heavy atom. The third kappa shape index (κ3) is 4.84. The van der Waals surface area contributed by atoms with Crippen molar-refractivity contribution >= 4 is 22.9 Å². The normalized spacial score (nSPS) is 11.1. The molecule has 0 saturated carbocycles. The number of imidazole rings is 1. The number of hydrogen-bond donors (Lipinski definition) is 0. The molecule has 0 amide bonds. The van der Waals surface area contributed by atoms with Gasteiger partial charge in [-0.3, -0.25) is 19.0 Å². The number of hydrogen-bond acceptors (Lipinski definition) is 6. The zero-order valence-electron chi connectivity index (χ0n) is 19.9. The molecule has 0 aliphatic heterocycles. The lowest BCUT2D eigenvalue weighted by Crippen LogP contribution is -2.42. The average Bonchev–Trinajstić information content (AvgIpc) is 3.29. The highest BCUT2D eigenvalue weighted by Crippen LogP contribution is 2.12. The number of benzene rings is 2. The summed E-state index contributed by atoms with van der Waals surface area (Å²) >= 11 is 0. The Labute approximate surface area is 201 Å². The second kappa shape index (κ2) is 9.92. The summed E-state index contributed by atoms with van der Waals surface area (Å²) in [5, 5.41) is 0. The van der Waals surface area contributed by atoms with Gasteiger partial charge in [0.25, 0.3) is 5.56 Å². The van der Waals surface area contributed by atoms with Gasteiger partial charge in [0.15, 0.2) is 17.8 Å². The fourth-order valence-electron chi connectivity index (χ4n) is 3.96. The Hall–Kier alpha value is -4.27. The fraction of sp³-hybridized carbons (Fsp3) is 0.269. The second-order valence-electron chi connectivity index (χ2n) is 8.35. The van der Waals surface area contributed by atoms with Crippen LogP contribution in [0.25, 0.3) is 11.2 Å².